The number of aliphatic hydroxyl groups is 1. The van der Waals surface area contributed by atoms with Gasteiger partial charge in [-0.1, -0.05) is 48.5 Å². The normalized spacial score (nSPS) is 12.6. The van der Waals surface area contributed by atoms with Gasteiger partial charge in [-0.2, -0.15) is 0 Å². The molecule has 2 rings (SSSR count). The monoisotopic (exact) mass is 342 g/mol. The van der Waals surface area contributed by atoms with Crippen molar-refractivity contribution in [3.63, 3.8) is 0 Å². The molecule has 4 heteroatoms. The van der Waals surface area contributed by atoms with Crippen molar-refractivity contribution in [2.75, 3.05) is 40.3 Å². The molecular formula is C21H30N2O2. The highest BCUT2D eigenvalue weighted by molar-refractivity contribution is 5.31. The molecular weight excluding hydrogens is 312 g/mol. The maximum absolute atomic E-state index is 10.3. The third-order valence-electron chi connectivity index (χ3n) is 4.16. The number of aliphatic hydroxyl groups excluding tert-OH is 1. The van der Waals surface area contributed by atoms with E-state index in [1.165, 1.54) is 5.56 Å². The first-order chi connectivity index (χ1) is 12.0. The summed E-state index contributed by atoms with van der Waals surface area (Å²) in [4.78, 5) is 4.26. The second kappa shape index (κ2) is 10.2. The topological polar surface area (TPSA) is 35.9 Å². The highest BCUT2D eigenvalue weighted by Gasteiger charge is 2.11. The summed E-state index contributed by atoms with van der Waals surface area (Å²) in [6, 6.07) is 18.4. The van der Waals surface area contributed by atoms with Crippen molar-refractivity contribution in [1.29, 1.82) is 0 Å². The summed E-state index contributed by atoms with van der Waals surface area (Å²) in [5.41, 5.74) is 2.41. The third kappa shape index (κ3) is 7.26. The Morgan fingerprint density at radius 1 is 0.920 bits per heavy atom. The SMILES string of the molecule is Cc1ccccc1OCCN(C)CC(O)CN(C)Cc1ccccc1. The van der Waals surface area contributed by atoms with E-state index in [0.717, 1.165) is 24.4 Å². The molecule has 0 aliphatic heterocycles. The van der Waals surface area contributed by atoms with Crippen molar-refractivity contribution in [3.05, 3.63) is 65.7 Å². The smallest absolute Gasteiger partial charge is 0.122 e. The first-order valence-corrected chi connectivity index (χ1v) is 8.82. The summed E-state index contributed by atoms with van der Waals surface area (Å²) in [6.07, 6.45) is -0.378. The highest BCUT2D eigenvalue weighted by Crippen LogP contribution is 2.15. The average Bonchev–Trinajstić information content (AvgIpc) is 2.57. The Morgan fingerprint density at radius 3 is 2.28 bits per heavy atom. The number of nitrogens with zero attached hydrogens (tertiary/aromatic N) is 2. The lowest BCUT2D eigenvalue weighted by molar-refractivity contribution is 0.0840. The molecule has 4 nitrogen and oxygen atoms in total. The minimum Gasteiger partial charge on any atom is -0.492 e. The fourth-order valence-corrected chi connectivity index (χ4v) is 2.86. The van der Waals surface area contributed by atoms with Crippen LogP contribution in [0.4, 0.5) is 0 Å². The first kappa shape index (κ1) is 19.4. The van der Waals surface area contributed by atoms with Crippen LogP contribution in [0.15, 0.2) is 54.6 Å². The van der Waals surface area contributed by atoms with Gasteiger partial charge in [0.15, 0.2) is 0 Å². The maximum Gasteiger partial charge on any atom is 0.122 e. The predicted octanol–water partition coefficient (Wildman–Crippen LogP) is 2.80. The molecule has 1 atom stereocenters. The molecule has 0 aliphatic carbocycles. The van der Waals surface area contributed by atoms with Gasteiger partial charge in [-0.05, 0) is 38.2 Å². The number of para-hydroxylation sites is 1. The van der Waals surface area contributed by atoms with Gasteiger partial charge in [-0.25, -0.2) is 0 Å². The van der Waals surface area contributed by atoms with Crippen molar-refractivity contribution >= 4 is 0 Å². The Hall–Kier alpha value is -1.88. The summed E-state index contributed by atoms with van der Waals surface area (Å²) in [5, 5.41) is 10.3. The molecule has 136 valence electrons. The molecule has 25 heavy (non-hydrogen) atoms. The van der Waals surface area contributed by atoms with Crippen LogP contribution in [0.2, 0.25) is 0 Å². The van der Waals surface area contributed by atoms with Crippen LogP contribution in [0.25, 0.3) is 0 Å². The predicted molar refractivity (Wildman–Crippen MR) is 103 cm³/mol. The number of benzene rings is 2. The summed E-state index contributed by atoms with van der Waals surface area (Å²) >= 11 is 0. The van der Waals surface area contributed by atoms with Gasteiger partial charge in [0, 0.05) is 26.2 Å². The zero-order valence-corrected chi connectivity index (χ0v) is 15.6. The van der Waals surface area contributed by atoms with E-state index in [2.05, 4.69) is 21.9 Å². The van der Waals surface area contributed by atoms with Crippen molar-refractivity contribution in [2.45, 2.75) is 19.6 Å². The van der Waals surface area contributed by atoms with E-state index in [1.54, 1.807) is 0 Å². The molecule has 0 aromatic heterocycles. The molecule has 0 saturated heterocycles. The number of likely N-dealkylation sites (N-methyl/N-ethyl adjacent to an activating group) is 2. The van der Waals surface area contributed by atoms with Crippen molar-refractivity contribution in [2.24, 2.45) is 0 Å². The number of rotatable bonds is 10. The van der Waals surface area contributed by atoms with Gasteiger partial charge in [-0.15, -0.1) is 0 Å². The summed E-state index contributed by atoms with van der Waals surface area (Å²) in [7, 11) is 4.05. The fraction of sp³-hybridized carbons (Fsp3) is 0.429. The zero-order valence-electron chi connectivity index (χ0n) is 15.6. The number of ether oxygens (including phenoxy) is 1. The number of hydrogen-bond acceptors (Lipinski definition) is 4. The van der Waals surface area contributed by atoms with E-state index in [0.29, 0.717) is 19.7 Å². The minimum absolute atomic E-state index is 0.378. The summed E-state index contributed by atoms with van der Waals surface area (Å²) < 4.78 is 5.82. The molecule has 0 bridgehead atoms. The van der Waals surface area contributed by atoms with Crippen molar-refractivity contribution in [3.8, 4) is 5.75 Å². The van der Waals surface area contributed by atoms with Gasteiger partial charge in [0.25, 0.3) is 0 Å². The van der Waals surface area contributed by atoms with Crippen LogP contribution in [-0.2, 0) is 6.54 Å². The lowest BCUT2D eigenvalue weighted by Gasteiger charge is -2.25. The van der Waals surface area contributed by atoms with E-state index < -0.39 is 0 Å². The van der Waals surface area contributed by atoms with Gasteiger partial charge in [0.2, 0.25) is 0 Å². The van der Waals surface area contributed by atoms with Gasteiger partial charge in [0.05, 0.1) is 6.10 Å². The van der Waals surface area contributed by atoms with E-state index >= 15 is 0 Å². The van der Waals surface area contributed by atoms with Gasteiger partial charge in [0.1, 0.15) is 12.4 Å². The van der Waals surface area contributed by atoms with Crippen molar-refractivity contribution < 1.29 is 9.84 Å². The van der Waals surface area contributed by atoms with E-state index in [1.807, 2.05) is 63.5 Å². The molecule has 0 fully saturated rings. The van der Waals surface area contributed by atoms with Crippen LogP contribution in [0, 0.1) is 6.92 Å². The molecule has 0 spiro atoms. The molecule has 0 saturated carbocycles. The minimum atomic E-state index is -0.378. The quantitative estimate of drug-likeness (QED) is 0.720. The zero-order chi connectivity index (χ0) is 18.1. The lowest BCUT2D eigenvalue weighted by atomic mass is 10.2. The van der Waals surface area contributed by atoms with Crippen LogP contribution < -0.4 is 4.74 Å². The maximum atomic E-state index is 10.3. The highest BCUT2D eigenvalue weighted by atomic mass is 16.5. The van der Waals surface area contributed by atoms with Crippen LogP contribution in [0.3, 0.4) is 0 Å². The lowest BCUT2D eigenvalue weighted by Crippen LogP contribution is -2.38. The van der Waals surface area contributed by atoms with Crippen LogP contribution in [0.5, 0.6) is 5.75 Å². The number of aryl methyl sites for hydroxylation is 1. The molecule has 0 radical (unpaired) electrons. The Balaban J connectivity index is 1.65. The fourth-order valence-electron chi connectivity index (χ4n) is 2.86. The number of hydrogen-bond donors (Lipinski definition) is 1. The average molecular weight is 342 g/mol. The molecule has 0 aliphatic rings. The van der Waals surface area contributed by atoms with Crippen molar-refractivity contribution in [1.82, 2.24) is 9.80 Å². The van der Waals surface area contributed by atoms with E-state index in [4.69, 9.17) is 4.74 Å². The summed E-state index contributed by atoms with van der Waals surface area (Å²) in [5.74, 6) is 0.930. The van der Waals surface area contributed by atoms with Gasteiger partial charge in [-0.3, -0.25) is 4.90 Å². The largest absolute Gasteiger partial charge is 0.492 e. The summed E-state index contributed by atoms with van der Waals surface area (Å²) in [6.45, 7) is 5.58. The standard InChI is InChI=1S/C21H30N2O2/c1-18-9-7-8-12-21(18)25-14-13-22(2)16-20(24)17-23(3)15-19-10-5-4-6-11-19/h4-12,20,24H,13-17H2,1-3H3. The Morgan fingerprint density at radius 2 is 1.56 bits per heavy atom. The first-order valence-electron chi connectivity index (χ1n) is 8.82. The third-order valence-corrected chi connectivity index (χ3v) is 4.16. The Kier molecular flexibility index (Phi) is 7.92. The molecule has 0 heterocycles. The van der Waals surface area contributed by atoms with Crippen LogP contribution in [0.1, 0.15) is 11.1 Å². The second-order valence-electron chi connectivity index (χ2n) is 6.71. The van der Waals surface area contributed by atoms with E-state index in [-0.39, 0.29) is 6.10 Å². The van der Waals surface area contributed by atoms with Gasteiger partial charge >= 0.3 is 0 Å². The van der Waals surface area contributed by atoms with Crippen LogP contribution in [-0.4, -0.2) is 61.3 Å². The molecule has 0 amide bonds. The van der Waals surface area contributed by atoms with Crippen LogP contribution >= 0.6 is 0 Å². The molecule has 2 aromatic carbocycles. The Labute approximate surface area is 151 Å². The van der Waals surface area contributed by atoms with E-state index in [9.17, 15) is 5.11 Å². The molecule has 2 aromatic rings. The molecule has 1 unspecified atom stereocenters. The second-order valence-corrected chi connectivity index (χ2v) is 6.71. The van der Waals surface area contributed by atoms with Gasteiger partial charge < -0.3 is 14.7 Å². The Bertz CT molecular complexity index is 618. The molecule has 1 N–H and O–H groups in total.